The van der Waals surface area contributed by atoms with Gasteiger partial charge in [-0.25, -0.2) is 8.42 Å². The molecule has 1 atom stereocenters. The van der Waals surface area contributed by atoms with E-state index in [1.807, 2.05) is 24.7 Å². The molecule has 1 unspecified atom stereocenters. The topological polar surface area (TPSA) is 67.6 Å². The summed E-state index contributed by atoms with van der Waals surface area (Å²) in [4.78, 5) is 8.78. The van der Waals surface area contributed by atoms with E-state index in [-0.39, 0.29) is 4.90 Å². The molecule has 0 N–H and O–H groups in total. The molecule has 1 aliphatic heterocycles. The third-order valence-electron chi connectivity index (χ3n) is 5.09. The second kappa shape index (κ2) is 7.17. The number of sulfonamides is 1. The zero-order valence-corrected chi connectivity index (χ0v) is 15.3. The van der Waals surface area contributed by atoms with Crippen molar-refractivity contribution < 1.29 is 8.42 Å². The van der Waals surface area contributed by atoms with Gasteiger partial charge in [-0.1, -0.05) is 0 Å². The van der Waals surface area contributed by atoms with E-state index in [0.717, 1.165) is 36.9 Å². The minimum atomic E-state index is -3.46. The van der Waals surface area contributed by atoms with Crippen molar-refractivity contribution in [3.63, 3.8) is 0 Å². The van der Waals surface area contributed by atoms with Gasteiger partial charge in [0.25, 0.3) is 0 Å². The molecule has 1 saturated heterocycles. The van der Waals surface area contributed by atoms with Crippen LogP contribution in [0.1, 0.15) is 25.0 Å². The Balaban J connectivity index is 1.48. The first-order chi connectivity index (χ1) is 12.6. The summed E-state index contributed by atoms with van der Waals surface area (Å²) >= 11 is 0. The Morgan fingerprint density at radius 2 is 2.00 bits per heavy atom. The molecule has 0 bridgehead atoms. The Morgan fingerprint density at radius 1 is 1.08 bits per heavy atom. The van der Waals surface area contributed by atoms with Gasteiger partial charge >= 0.3 is 0 Å². The maximum absolute atomic E-state index is 12.8. The van der Waals surface area contributed by atoms with E-state index in [4.69, 9.17) is 0 Å². The SMILES string of the molecule is O=S(=O)(c1cccnc1)N1CCCC(Cc2nccn3cccc23)CC1. The van der Waals surface area contributed by atoms with Crippen molar-refractivity contribution in [2.75, 3.05) is 13.1 Å². The molecule has 6 nitrogen and oxygen atoms in total. The zero-order chi connectivity index (χ0) is 18.0. The molecule has 0 spiro atoms. The van der Waals surface area contributed by atoms with Gasteiger partial charge in [0, 0.05) is 44.1 Å². The fourth-order valence-corrected chi connectivity index (χ4v) is 5.15. The van der Waals surface area contributed by atoms with E-state index in [2.05, 4.69) is 20.4 Å². The highest BCUT2D eigenvalue weighted by atomic mass is 32.2. The molecule has 4 heterocycles. The number of rotatable bonds is 4. The second-order valence-corrected chi connectivity index (χ2v) is 8.71. The largest absolute Gasteiger partial charge is 0.321 e. The fraction of sp³-hybridized carbons (Fsp3) is 0.368. The number of fused-ring (bicyclic) bond motifs is 1. The molecule has 0 amide bonds. The van der Waals surface area contributed by atoms with Crippen LogP contribution in [0.5, 0.6) is 0 Å². The molecule has 1 fully saturated rings. The predicted octanol–water partition coefficient (Wildman–Crippen LogP) is 2.76. The quantitative estimate of drug-likeness (QED) is 0.708. The summed E-state index contributed by atoms with van der Waals surface area (Å²) in [6.45, 7) is 1.11. The number of aromatic nitrogens is 3. The lowest BCUT2D eigenvalue weighted by atomic mass is 9.95. The van der Waals surface area contributed by atoms with Crippen LogP contribution in [0.2, 0.25) is 0 Å². The molecule has 7 heteroatoms. The molecule has 3 aromatic rings. The van der Waals surface area contributed by atoms with Gasteiger partial charge in [-0.2, -0.15) is 4.31 Å². The molecule has 0 aromatic carbocycles. The molecular formula is C19H22N4O2S. The average Bonchev–Trinajstić information content (AvgIpc) is 3.02. The molecular weight excluding hydrogens is 348 g/mol. The highest BCUT2D eigenvalue weighted by molar-refractivity contribution is 7.89. The Bertz CT molecular complexity index is 985. The third-order valence-corrected chi connectivity index (χ3v) is 6.98. The van der Waals surface area contributed by atoms with E-state index in [0.29, 0.717) is 19.0 Å². The molecule has 0 saturated carbocycles. The van der Waals surface area contributed by atoms with E-state index in [9.17, 15) is 8.42 Å². The van der Waals surface area contributed by atoms with Crippen molar-refractivity contribution in [2.24, 2.45) is 5.92 Å². The Kier molecular flexibility index (Phi) is 4.74. The average molecular weight is 370 g/mol. The first kappa shape index (κ1) is 17.2. The van der Waals surface area contributed by atoms with E-state index in [1.54, 1.807) is 22.6 Å². The minimum Gasteiger partial charge on any atom is -0.321 e. The smallest absolute Gasteiger partial charge is 0.244 e. The maximum atomic E-state index is 12.8. The Labute approximate surface area is 153 Å². The van der Waals surface area contributed by atoms with Crippen molar-refractivity contribution >= 4 is 15.5 Å². The van der Waals surface area contributed by atoms with Crippen molar-refractivity contribution in [3.8, 4) is 0 Å². The van der Waals surface area contributed by atoms with Crippen LogP contribution in [0.25, 0.3) is 5.52 Å². The van der Waals surface area contributed by atoms with Crippen molar-refractivity contribution in [2.45, 2.75) is 30.6 Å². The van der Waals surface area contributed by atoms with E-state index in [1.165, 1.54) is 6.20 Å². The Morgan fingerprint density at radius 3 is 2.85 bits per heavy atom. The summed E-state index contributed by atoms with van der Waals surface area (Å²) in [5.74, 6) is 0.442. The van der Waals surface area contributed by atoms with Crippen LogP contribution in [-0.2, 0) is 16.4 Å². The maximum Gasteiger partial charge on any atom is 0.244 e. The molecule has 3 aromatic heterocycles. The van der Waals surface area contributed by atoms with Crippen molar-refractivity contribution in [1.82, 2.24) is 18.7 Å². The van der Waals surface area contributed by atoms with E-state index < -0.39 is 10.0 Å². The van der Waals surface area contributed by atoms with Crippen LogP contribution in [0.15, 0.2) is 60.1 Å². The molecule has 4 rings (SSSR count). The lowest BCUT2D eigenvalue weighted by Crippen LogP contribution is -2.32. The van der Waals surface area contributed by atoms with Gasteiger partial charge in [0.05, 0.1) is 11.2 Å². The van der Waals surface area contributed by atoms with Gasteiger partial charge in [0.1, 0.15) is 4.90 Å². The van der Waals surface area contributed by atoms with Crippen molar-refractivity contribution in [3.05, 3.63) is 60.9 Å². The van der Waals surface area contributed by atoms with Crippen LogP contribution >= 0.6 is 0 Å². The molecule has 136 valence electrons. The summed E-state index contributed by atoms with van der Waals surface area (Å²) in [7, 11) is -3.46. The van der Waals surface area contributed by atoms with Gasteiger partial charge in [-0.15, -0.1) is 0 Å². The first-order valence-electron chi connectivity index (χ1n) is 8.95. The monoisotopic (exact) mass is 370 g/mol. The fourth-order valence-electron chi connectivity index (χ4n) is 3.69. The lowest BCUT2D eigenvalue weighted by molar-refractivity contribution is 0.409. The summed E-state index contributed by atoms with van der Waals surface area (Å²) in [6, 6.07) is 7.38. The van der Waals surface area contributed by atoms with Crippen LogP contribution in [0.4, 0.5) is 0 Å². The van der Waals surface area contributed by atoms with E-state index >= 15 is 0 Å². The third kappa shape index (κ3) is 3.37. The summed E-state index contributed by atoms with van der Waals surface area (Å²) < 4.78 is 29.3. The summed E-state index contributed by atoms with van der Waals surface area (Å²) in [5.41, 5.74) is 2.22. The lowest BCUT2D eigenvalue weighted by Gasteiger charge is -2.20. The van der Waals surface area contributed by atoms with Gasteiger partial charge in [-0.05, 0) is 55.9 Å². The number of hydrogen-bond acceptors (Lipinski definition) is 4. The highest BCUT2D eigenvalue weighted by Gasteiger charge is 2.28. The van der Waals surface area contributed by atoms with Gasteiger partial charge in [0.15, 0.2) is 0 Å². The zero-order valence-electron chi connectivity index (χ0n) is 14.5. The van der Waals surface area contributed by atoms with Crippen LogP contribution in [0, 0.1) is 5.92 Å². The molecule has 26 heavy (non-hydrogen) atoms. The van der Waals surface area contributed by atoms with Crippen LogP contribution < -0.4 is 0 Å². The highest BCUT2D eigenvalue weighted by Crippen LogP contribution is 2.26. The number of nitrogens with zero attached hydrogens (tertiary/aromatic N) is 4. The normalized spacial score (nSPS) is 19.5. The molecule has 0 aliphatic carbocycles. The van der Waals surface area contributed by atoms with Gasteiger partial charge in [-0.3, -0.25) is 9.97 Å². The van der Waals surface area contributed by atoms with Crippen LogP contribution in [0.3, 0.4) is 0 Å². The molecule has 0 radical (unpaired) electrons. The standard InChI is InChI=1S/C19H22N4O2S/c24-26(25,17-5-1-8-20-15-17)23-11-2-4-16(7-12-23)14-18-19-6-3-10-22(19)13-9-21-18/h1,3,5-6,8-10,13,15-16H,2,4,7,11-12,14H2. The Hall–Kier alpha value is -2.25. The second-order valence-electron chi connectivity index (χ2n) is 6.77. The predicted molar refractivity (Wildman–Crippen MR) is 99.2 cm³/mol. The number of pyridine rings is 1. The van der Waals surface area contributed by atoms with Crippen LogP contribution in [-0.4, -0.2) is 40.2 Å². The van der Waals surface area contributed by atoms with Gasteiger partial charge < -0.3 is 4.40 Å². The van der Waals surface area contributed by atoms with Crippen molar-refractivity contribution in [1.29, 1.82) is 0 Å². The molecule has 1 aliphatic rings. The first-order valence-corrected chi connectivity index (χ1v) is 10.4. The number of hydrogen-bond donors (Lipinski definition) is 0. The summed E-state index contributed by atoms with van der Waals surface area (Å²) in [6.07, 6.45) is 12.4. The minimum absolute atomic E-state index is 0.276. The summed E-state index contributed by atoms with van der Waals surface area (Å²) in [5, 5.41) is 0. The van der Waals surface area contributed by atoms with Gasteiger partial charge in [0.2, 0.25) is 10.0 Å².